The molecule has 1 aliphatic carbocycles. The Morgan fingerprint density at radius 2 is 2.12 bits per heavy atom. The molecule has 2 aliphatic rings. The van der Waals surface area contributed by atoms with Crippen LogP contribution in [-0.4, -0.2) is 26.6 Å². The standard InChI is InChI=1S/C19H26N4O/c1-13(2)19-21-18(22-24-19)17-8-5-11-23(17)12-16-15-7-4-3-6-14(15)9-10-20-16/h9-10,13,17H,3-8,11-12H2,1-2H3. The number of aryl methyl sites for hydroxylation is 1. The largest absolute Gasteiger partial charge is 0.339 e. The van der Waals surface area contributed by atoms with Crippen molar-refractivity contribution in [3.63, 3.8) is 0 Å². The van der Waals surface area contributed by atoms with Gasteiger partial charge in [-0.25, -0.2) is 0 Å². The molecule has 1 unspecified atom stereocenters. The molecule has 1 aliphatic heterocycles. The van der Waals surface area contributed by atoms with Crippen molar-refractivity contribution in [2.24, 2.45) is 0 Å². The van der Waals surface area contributed by atoms with Gasteiger partial charge in [0.1, 0.15) is 0 Å². The minimum Gasteiger partial charge on any atom is -0.339 e. The molecule has 2 aromatic rings. The minimum absolute atomic E-state index is 0.266. The summed E-state index contributed by atoms with van der Waals surface area (Å²) in [4.78, 5) is 11.8. The van der Waals surface area contributed by atoms with E-state index in [1.165, 1.54) is 48.9 Å². The second kappa shape index (κ2) is 6.63. The van der Waals surface area contributed by atoms with Crippen LogP contribution >= 0.6 is 0 Å². The van der Waals surface area contributed by atoms with Crippen LogP contribution < -0.4 is 0 Å². The molecule has 3 heterocycles. The molecule has 1 fully saturated rings. The molecular formula is C19H26N4O. The van der Waals surface area contributed by atoms with Gasteiger partial charge in [-0.3, -0.25) is 9.88 Å². The Morgan fingerprint density at radius 3 is 2.96 bits per heavy atom. The molecule has 0 bridgehead atoms. The number of rotatable bonds is 4. The van der Waals surface area contributed by atoms with Gasteiger partial charge in [-0.1, -0.05) is 19.0 Å². The number of likely N-dealkylation sites (tertiary alicyclic amines) is 1. The number of nitrogens with zero attached hydrogens (tertiary/aromatic N) is 4. The normalized spacial score (nSPS) is 21.4. The van der Waals surface area contributed by atoms with Crippen molar-refractivity contribution in [2.45, 2.75) is 70.9 Å². The minimum atomic E-state index is 0.266. The fourth-order valence-corrected chi connectivity index (χ4v) is 3.99. The summed E-state index contributed by atoms with van der Waals surface area (Å²) in [5, 5.41) is 4.25. The maximum atomic E-state index is 5.42. The van der Waals surface area contributed by atoms with Crippen LogP contribution in [0, 0.1) is 0 Å². The number of pyridine rings is 1. The topological polar surface area (TPSA) is 55.1 Å². The van der Waals surface area contributed by atoms with Gasteiger partial charge in [0.05, 0.1) is 11.7 Å². The predicted octanol–water partition coefficient (Wildman–Crippen LogP) is 3.80. The Bertz CT molecular complexity index is 709. The van der Waals surface area contributed by atoms with Gasteiger partial charge in [0.2, 0.25) is 5.89 Å². The van der Waals surface area contributed by atoms with E-state index in [9.17, 15) is 0 Å². The molecule has 0 N–H and O–H groups in total. The van der Waals surface area contributed by atoms with Gasteiger partial charge in [-0.2, -0.15) is 4.98 Å². The lowest BCUT2D eigenvalue weighted by molar-refractivity contribution is 0.230. The van der Waals surface area contributed by atoms with Gasteiger partial charge in [0, 0.05) is 18.7 Å². The molecule has 5 heteroatoms. The van der Waals surface area contributed by atoms with Crippen LogP contribution in [0.5, 0.6) is 0 Å². The van der Waals surface area contributed by atoms with Crippen molar-refractivity contribution in [1.82, 2.24) is 20.0 Å². The number of fused-ring (bicyclic) bond motifs is 1. The average Bonchev–Trinajstić information content (AvgIpc) is 3.24. The molecule has 1 saturated heterocycles. The molecule has 1 atom stereocenters. The lowest BCUT2D eigenvalue weighted by Gasteiger charge is -2.25. The maximum absolute atomic E-state index is 5.42. The molecular weight excluding hydrogens is 300 g/mol. The van der Waals surface area contributed by atoms with Crippen molar-refractivity contribution in [1.29, 1.82) is 0 Å². The van der Waals surface area contributed by atoms with Gasteiger partial charge in [-0.15, -0.1) is 0 Å². The Balaban J connectivity index is 1.55. The fourth-order valence-electron chi connectivity index (χ4n) is 3.99. The van der Waals surface area contributed by atoms with Gasteiger partial charge >= 0.3 is 0 Å². The summed E-state index contributed by atoms with van der Waals surface area (Å²) >= 11 is 0. The summed E-state index contributed by atoms with van der Waals surface area (Å²) in [5.74, 6) is 1.87. The van der Waals surface area contributed by atoms with Crippen molar-refractivity contribution >= 4 is 0 Å². The molecule has 4 rings (SSSR count). The Labute approximate surface area is 143 Å². The highest BCUT2D eigenvalue weighted by Gasteiger charge is 2.31. The molecule has 24 heavy (non-hydrogen) atoms. The van der Waals surface area contributed by atoms with E-state index in [-0.39, 0.29) is 12.0 Å². The summed E-state index contributed by atoms with van der Waals surface area (Å²) < 4.78 is 5.42. The van der Waals surface area contributed by atoms with Crippen LogP contribution in [0.2, 0.25) is 0 Å². The highest BCUT2D eigenvalue weighted by molar-refractivity contribution is 5.32. The zero-order valence-corrected chi connectivity index (χ0v) is 14.7. The molecule has 0 saturated carbocycles. The average molecular weight is 326 g/mol. The van der Waals surface area contributed by atoms with Crippen molar-refractivity contribution in [3.05, 3.63) is 40.8 Å². The SMILES string of the molecule is CC(C)c1nc(C2CCCN2Cc2nccc3c2CCCC3)no1. The first-order valence-electron chi connectivity index (χ1n) is 9.25. The third-order valence-electron chi connectivity index (χ3n) is 5.33. The molecule has 0 amide bonds. The van der Waals surface area contributed by atoms with Crippen LogP contribution in [0.3, 0.4) is 0 Å². The van der Waals surface area contributed by atoms with E-state index in [1.807, 2.05) is 6.20 Å². The molecule has 2 aromatic heterocycles. The molecule has 128 valence electrons. The third-order valence-corrected chi connectivity index (χ3v) is 5.33. The van der Waals surface area contributed by atoms with E-state index in [0.717, 1.165) is 31.2 Å². The second-order valence-electron chi connectivity index (χ2n) is 7.38. The summed E-state index contributed by atoms with van der Waals surface area (Å²) in [6, 6.07) is 2.47. The van der Waals surface area contributed by atoms with E-state index < -0.39 is 0 Å². The zero-order chi connectivity index (χ0) is 16.5. The Morgan fingerprint density at radius 1 is 1.25 bits per heavy atom. The van der Waals surface area contributed by atoms with Crippen LogP contribution in [-0.2, 0) is 19.4 Å². The van der Waals surface area contributed by atoms with E-state index in [2.05, 4.69) is 35.0 Å². The fraction of sp³-hybridized carbons (Fsp3) is 0.632. The second-order valence-corrected chi connectivity index (χ2v) is 7.38. The summed E-state index contributed by atoms with van der Waals surface area (Å²) in [7, 11) is 0. The van der Waals surface area contributed by atoms with Crippen molar-refractivity contribution in [2.75, 3.05) is 6.54 Å². The smallest absolute Gasteiger partial charge is 0.229 e. The van der Waals surface area contributed by atoms with Gasteiger partial charge in [0.25, 0.3) is 0 Å². The van der Waals surface area contributed by atoms with Crippen LogP contribution in [0.25, 0.3) is 0 Å². The summed E-state index contributed by atoms with van der Waals surface area (Å²) in [6.45, 7) is 6.16. The van der Waals surface area contributed by atoms with Gasteiger partial charge in [-0.05, 0) is 62.3 Å². The van der Waals surface area contributed by atoms with Crippen molar-refractivity contribution < 1.29 is 4.52 Å². The van der Waals surface area contributed by atoms with Crippen LogP contribution in [0.1, 0.15) is 80.0 Å². The number of aromatic nitrogens is 3. The highest BCUT2D eigenvalue weighted by atomic mass is 16.5. The molecule has 0 radical (unpaired) electrons. The summed E-state index contributed by atoms with van der Waals surface area (Å²) in [6.07, 6.45) is 9.25. The lowest BCUT2D eigenvalue weighted by atomic mass is 9.91. The third kappa shape index (κ3) is 2.97. The van der Waals surface area contributed by atoms with Crippen LogP contribution in [0.15, 0.2) is 16.8 Å². The zero-order valence-electron chi connectivity index (χ0n) is 14.7. The molecule has 5 nitrogen and oxygen atoms in total. The van der Waals surface area contributed by atoms with E-state index in [4.69, 9.17) is 9.51 Å². The van der Waals surface area contributed by atoms with Crippen LogP contribution in [0.4, 0.5) is 0 Å². The quantitative estimate of drug-likeness (QED) is 0.855. The number of hydrogen-bond donors (Lipinski definition) is 0. The monoisotopic (exact) mass is 326 g/mol. The van der Waals surface area contributed by atoms with E-state index >= 15 is 0 Å². The highest BCUT2D eigenvalue weighted by Crippen LogP contribution is 2.33. The lowest BCUT2D eigenvalue weighted by Crippen LogP contribution is -2.25. The molecule has 0 spiro atoms. The first-order valence-corrected chi connectivity index (χ1v) is 9.25. The first-order chi connectivity index (χ1) is 11.7. The molecule has 0 aromatic carbocycles. The maximum Gasteiger partial charge on any atom is 0.229 e. The number of hydrogen-bond acceptors (Lipinski definition) is 5. The van der Waals surface area contributed by atoms with Crippen molar-refractivity contribution in [3.8, 4) is 0 Å². The Kier molecular flexibility index (Phi) is 4.35. The summed E-state index contributed by atoms with van der Waals surface area (Å²) in [5.41, 5.74) is 4.25. The van der Waals surface area contributed by atoms with Gasteiger partial charge in [0.15, 0.2) is 5.82 Å². The predicted molar refractivity (Wildman–Crippen MR) is 91.7 cm³/mol. The Hall–Kier alpha value is -1.75. The van der Waals surface area contributed by atoms with E-state index in [1.54, 1.807) is 0 Å². The van der Waals surface area contributed by atoms with E-state index in [0.29, 0.717) is 0 Å². The van der Waals surface area contributed by atoms with Gasteiger partial charge < -0.3 is 4.52 Å². The first kappa shape index (κ1) is 15.8.